The topological polar surface area (TPSA) is 43.1 Å². The maximum Gasteiger partial charge on any atom is 0.152 e. The van der Waals surface area contributed by atoms with Gasteiger partial charge in [0.05, 0.1) is 5.54 Å². The average molecular weight is 155 g/mol. The molecule has 0 saturated heterocycles. The lowest BCUT2D eigenvalue weighted by Gasteiger charge is -2.27. The largest absolute Gasteiger partial charge is 0.319 e. The summed E-state index contributed by atoms with van der Waals surface area (Å²) in [6.45, 7) is 3.57. The van der Waals surface area contributed by atoms with Crippen LogP contribution in [-0.4, -0.2) is 11.3 Å². The minimum atomic E-state index is -0.615. The number of carbonyl (C=O) groups excluding carboxylic acids is 1. The summed E-state index contributed by atoms with van der Waals surface area (Å²) in [7, 11) is 0. The highest BCUT2D eigenvalue weighted by molar-refractivity contribution is 5.87. The first-order valence-corrected chi connectivity index (χ1v) is 4.32. The number of Topliss-reactive ketones (excluding diaryl/α,β-unsaturated/α-hetero) is 1. The van der Waals surface area contributed by atoms with Gasteiger partial charge in [-0.15, -0.1) is 0 Å². The van der Waals surface area contributed by atoms with Gasteiger partial charge in [-0.3, -0.25) is 4.79 Å². The number of carbonyl (C=O) groups is 1. The molecule has 1 aliphatic rings. The minimum absolute atomic E-state index is 0.210. The van der Waals surface area contributed by atoms with E-state index in [-0.39, 0.29) is 5.78 Å². The second-order valence-electron chi connectivity index (χ2n) is 4.15. The molecular formula is C9H17NO. The molecule has 0 atom stereocenters. The van der Waals surface area contributed by atoms with Crippen LogP contribution in [0.2, 0.25) is 0 Å². The Bertz CT molecular complexity index is 153. The van der Waals surface area contributed by atoms with Crippen LogP contribution in [0, 0.1) is 5.92 Å². The van der Waals surface area contributed by atoms with E-state index in [4.69, 9.17) is 5.73 Å². The van der Waals surface area contributed by atoms with Gasteiger partial charge in [-0.1, -0.05) is 19.3 Å². The Morgan fingerprint density at radius 1 is 1.55 bits per heavy atom. The Kier molecular flexibility index (Phi) is 2.33. The third-order valence-electron chi connectivity index (χ3n) is 2.42. The summed E-state index contributed by atoms with van der Waals surface area (Å²) in [4.78, 5) is 11.3. The molecule has 0 aliphatic heterocycles. The summed E-state index contributed by atoms with van der Waals surface area (Å²) in [5.74, 6) is 0.854. The minimum Gasteiger partial charge on any atom is -0.319 e. The molecule has 2 N–H and O–H groups in total. The molecule has 1 fully saturated rings. The second-order valence-corrected chi connectivity index (χ2v) is 4.15. The fourth-order valence-corrected chi connectivity index (χ4v) is 1.22. The first kappa shape index (κ1) is 8.72. The molecule has 1 saturated carbocycles. The number of ketones is 1. The van der Waals surface area contributed by atoms with E-state index in [1.54, 1.807) is 13.8 Å². The van der Waals surface area contributed by atoms with Gasteiger partial charge in [-0.05, 0) is 19.8 Å². The second kappa shape index (κ2) is 2.94. The zero-order chi connectivity index (χ0) is 8.48. The Balaban J connectivity index is 2.30. The van der Waals surface area contributed by atoms with E-state index in [2.05, 4.69) is 0 Å². The van der Waals surface area contributed by atoms with Crippen molar-refractivity contribution < 1.29 is 4.79 Å². The standard InChI is InChI=1S/C9H17NO/c1-9(2,10)8(11)6-7-4-3-5-7/h7H,3-6,10H2,1-2H3. The smallest absolute Gasteiger partial charge is 0.152 e. The van der Waals surface area contributed by atoms with Crippen molar-refractivity contribution in [3.63, 3.8) is 0 Å². The van der Waals surface area contributed by atoms with Crippen molar-refractivity contribution in [3.05, 3.63) is 0 Å². The van der Waals surface area contributed by atoms with Crippen molar-refractivity contribution in [2.45, 2.75) is 45.1 Å². The molecule has 0 aromatic carbocycles. The lowest BCUT2D eigenvalue weighted by atomic mass is 9.79. The molecule has 11 heavy (non-hydrogen) atoms. The fraction of sp³-hybridized carbons (Fsp3) is 0.889. The summed E-state index contributed by atoms with van der Waals surface area (Å²) in [6.07, 6.45) is 4.44. The van der Waals surface area contributed by atoms with E-state index in [0.29, 0.717) is 12.3 Å². The van der Waals surface area contributed by atoms with E-state index in [9.17, 15) is 4.79 Å². The number of hydrogen-bond donors (Lipinski definition) is 1. The lowest BCUT2D eigenvalue weighted by molar-refractivity contribution is -0.124. The van der Waals surface area contributed by atoms with Crippen molar-refractivity contribution >= 4 is 5.78 Å². The van der Waals surface area contributed by atoms with Gasteiger partial charge in [-0.25, -0.2) is 0 Å². The van der Waals surface area contributed by atoms with E-state index in [1.807, 2.05) is 0 Å². The molecule has 1 rings (SSSR count). The summed E-state index contributed by atoms with van der Waals surface area (Å²) in [5, 5.41) is 0. The summed E-state index contributed by atoms with van der Waals surface area (Å²) in [6, 6.07) is 0. The predicted octanol–water partition coefficient (Wildman–Crippen LogP) is 1.48. The van der Waals surface area contributed by atoms with Crippen LogP contribution in [0.1, 0.15) is 39.5 Å². The molecule has 0 unspecified atom stereocenters. The van der Waals surface area contributed by atoms with Gasteiger partial charge in [0.1, 0.15) is 0 Å². The third-order valence-corrected chi connectivity index (χ3v) is 2.42. The highest BCUT2D eigenvalue weighted by Gasteiger charge is 2.27. The van der Waals surface area contributed by atoms with E-state index >= 15 is 0 Å². The Morgan fingerprint density at radius 3 is 2.36 bits per heavy atom. The first-order valence-electron chi connectivity index (χ1n) is 4.32. The molecule has 0 radical (unpaired) electrons. The molecule has 0 heterocycles. The Labute approximate surface area is 68.2 Å². The number of nitrogens with two attached hydrogens (primary N) is 1. The van der Waals surface area contributed by atoms with Crippen molar-refractivity contribution in [2.24, 2.45) is 11.7 Å². The third kappa shape index (κ3) is 2.29. The van der Waals surface area contributed by atoms with Gasteiger partial charge in [0.25, 0.3) is 0 Å². The first-order chi connectivity index (χ1) is 5.00. The molecule has 1 aliphatic carbocycles. The highest BCUT2D eigenvalue weighted by atomic mass is 16.1. The summed E-state index contributed by atoms with van der Waals surface area (Å²) < 4.78 is 0. The molecule has 0 aromatic rings. The molecule has 64 valence electrons. The van der Waals surface area contributed by atoms with Crippen molar-refractivity contribution in [3.8, 4) is 0 Å². The van der Waals surface area contributed by atoms with E-state index < -0.39 is 5.54 Å². The van der Waals surface area contributed by atoms with Crippen LogP contribution >= 0.6 is 0 Å². The number of rotatable bonds is 3. The molecule has 2 nitrogen and oxygen atoms in total. The van der Waals surface area contributed by atoms with Gasteiger partial charge < -0.3 is 5.73 Å². The molecule has 2 heteroatoms. The van der Waals surface area contributed by atoms with Gasteiger partial charge in [0, 0.05) is 6.42 Å². The van der Waals surface area contributed by atoms with Crippen molar-refractivity contribution in [1.82, 2.24) is 0 Å². The van der Waals surface area contributed by atoms with Crippen LogP contribution < -0.4 is 5.73 Å². The van der Waals surface area contributed by atoms with Crippen LogP contribution in [0.25, 0.3) is 0 Å². The molecular weight excluding hydrogens is 138 g/mol. The maximum absolute atomic E-state index is 11.3. The SMILES string of the molecule is CC(C)(N)C(=O)CC1CCC1. The Hall–Kier alpha value is -0.370. The fourth-order valence-electron chi connectivity index (χ4n) is 1.22. The van der Waals surface area contributed by atoms with Crippen LogP contribution in [-0.2, 0) is 4.79 Å². The molecule has 0 bridgehead atoms. The van der Waals surface area contributed by atoms with Crippen molar-refractivity contribution in [1.29, 1.82) is 0 Å². The monoisotopic (exact) mass is 155 g/mol. The van der Waals surface area contributed by atoms with Gasteiger partial charge >= 0.3 is 0 Å². The quantitative estimate of drug-likeness (QED) is 0.671. The van der Waals surface area contributed by atoms with Gasteiger partial charge in [0.15, 0.2) is 5.78 Å². The van der Waals surface area contributed by atoms with Crippen LogP contribution in [0.4, 0.5) is 0 Å². The summed E-state index contributed by atoms with van der Waals surface area (Å²) >= 11 is 0. The van der Waals surface area contributed by atoms with Gasteiger partial charge in [0.2, 0.25) is 0 Å². The zero-order valence-corrected chi connectivity index (χ0v) is 7.39. The van der Waals surface area contributed by atoms with Crippen LogP contribution in [0.3, 0.4) is 0 Å². The zero-order valence-electron chi connectivity index (χ0n) is 7.39. The van der Waals surface area contributed by atoms with Crippen LogP contribution in [0.5, 0.6) is 0 Å². The molecule has 0 amide bonds. The van der Waals surface area contributed by atoms with Crippen molar-refractivity contribution in [2.75, 3.05) is 0 Å². The normalized spacial score (nSPS) is 19.5. The maximum atomic E-state index is 11.3. The molecule has 0 aromatic heterocycles. The van der Waals surface area contributed by atoms with E-state index in [1.165, 1.54) is 19.3 Å². The predicted molar refractivity (Wildman–Crippen MR) is 45.2 cm³/mol. The average Bonchev–Trinajstić information content (AvgIpc) is 1.75. The highest BCUT2D eigenvalue weighted by Crippen LogP contribution is 2.30. The van der Waals surface area contributed by atoms with Gasteiger partial charge in [-0.2, -0.15) is 0 Å². The lowest BCUT2D eigenvalue weighted by Crippen LogP contribution is -2.42. The molecule has 0 spiro atoms. The number of hydrogen-bond acceptors (Lipinski definition) is 2. The van der Waals surface area contributed by atoms with Crippen LogP contribution in [0.15, 0.2) is 0 Å². The summed E-state index contributed by atoms with van der Waals surface area (Å²) in [5.41, 5.74) is 5.04. The van der Waals surface area contributed by atoms with E-state index in [0.717, 1.165) is 0 Å². The Morgan fingerprint density at radius 2 is 2.09 bits per heavy atom.